The van der Waals surface area contributed by atoms with Gasteiger partial charge in [0, 0.05) is 6.42 Å². The standard InChI is InChI=1S/C13H13NO2/c14-7-2-1-4-11-5-6-12-13(10-11)16-9-3-8-15-12/h1,4-6,10H,2-3,8-9H2. The zero-order valence-corrected chi connectivity index (χ0v) is 8.98. The van der Waals surface area contributed by atoms with Crippen LogP contribution >= 0.6 is 0 Å². The number of fused-ring (bicyclic) bond motifs is 1. The number of nitriles is 1. The van der Waals surface area contributed by atoms with Gasteiger partial charge in [0.2, 0.25) is 0 Å². The molecule has 0 atom stereocenters. The topological polar surface area (TPSA) is 42.2 Å². The zero-order chi connectivity index (χ0) is 11.2. The molecule has 0 fully saturated rings. The van der Waals surface area contributed by atoms with E-state index in [9.17, 15) is 0 Å². The normalized spacial score (nSPS) is 14.4. The van der Waals surface area contributed by atoms with Crippen LogP contribution in [0.5, 0.6) is 11.5 Å². The summed E-state index contributed by atoms with van der Waals surface area (Å²) in [7, 11) is 0. The van der Waals surface area contributed by atoms with Crippen molar-refractivity contribution < 1.29 is 9.47 Å². The molecule has 1 heterocycles. The molecule has 3 nitrogen and oxygen atoms in total. The van der Waals surface area contributed by atoms with Crippen molar-refractivity contribution in [3.05, 3.63) is 29.8 Å². The van der Waals surface area contributed by atoms with Crippen LogP contribution in [-0.4, -0.2) is 13.2 Å². The van der Waals surface area contributed by atoms with Crippen molar-refractivity contribution in [2.45, 2.75) is 12.8 Å². The Hall–Kier alpha value is -1.95. The van der Waals surface area contributed by atoms with Crippen LogP contribution in [0.3, 0.4) is 0 Å². The number of benzene rings is 1. The second kappa shape index (κ2) is 5.22. The Kier molecular flexibility index (Phi) is 3.45. The molecule has 0 N–H and O–H groups in total. The molecule has 0 saturated heterocycles. The smallest absolute Gasteiger partial charge is 0.161 e. The maximum Gasteiger partial charge on any atom is 0.161 e. The fourth-order valence-corrected chi connectivity index (χ4v) is 1.53. The van der Waals surface area contributed by atoms with Crippen LogP contribution in [0.15, 0.2) is 24.3 Å². The predicted molar refractivity (Wildman–Crippen MR) is 61.3 cm³/mol. The average Bonchev–Trinajstić information content (AvgIpc) is 2.54. The van der Waals surface area contributed by atoms with Crippen molar-refractivity contribution in [3.8, 4) is 17.6 Å². The Morgan fingerprint density at radius 2 is 2.06 bits per heavy atom. The first kappa shape index (κ1) is 10.6. The molecule has 2 rings (SSSR count). The molecule has 1 aliphatic heterocycles. The minimum Gasteiger partial charge on any atom is -0.490 e. The van der Waals surface area contributed by atoms with Gasteiger partial charge in [0.15, 0.2) is 11.5 Å². The lowest BCUT2D eigenvalue weighted by Gasteiger charge is -2.07. The Morgan fingerprint density at radius 3 is 2.88 bits per heavy atom. The molecule has 1 aromatic carbocycles. The minimum absolute atomic E-state index is 0.425. The van der Waals surface area contributed by atoms with Gasteiger partial charge in [0.1, 0.15) is 0 Å². The molecule has 0 unspecified atom stereocenters. The molecule has 82 valence electrons. The fraction of sp³-hybridized carbons (Fsp3) is 0.308. The van der Waals surface area contributed by atoms with Gasteiger partial charge in [-0.15, -0.1) is 0 Å². The van der Waals surface area contributed by atoms with Crippen molar-refractivity contribution in [2.75, 3.05) is 13.2 Å². The molecule has 1 aromatic rings. The summed E-state index contributed by atoms with van der Waals surface area (Å²) >= 11 is 0. The first-order valence-electron chi connectivity index (χ1n) is 5.33. The van der Waals surface area contributed by atoms with Crippen LogP contribution in [0.4, 0.5) is 0 Å². The Labute approximate surface area is 94.9 Å². The summed E-state index contributed by atoms with van der Waals surface area (Å²) in [6, 6.07) is 7.88. The van der Waals surface area contributed by atoms with Crippen molar-refractivity contribution in [3.63, 3.8) is 0 Å². The summed E-state index contributed by atoms with van der Waals surface area (Å²) in [6.07, 6.45) is 5.08. The first-order chi connectivity index (χ1) is 7.90. The fourth-order valence-electron chi connectivity index (χ4n) is 1.53. The third-order valence-corrected chi connectivity index (χ3v) is 2.29. The van der Waals surface area contributed by atoms with Crippen LogP contribution in [0.25, 0.3) is 6.08 Å². The minimum atomic E-state index is 0.425. The predicted octanol–water partition coefficient (Wildman–Crippen LogP) is 2.77. The summed E-state index contributed by atoms with van der Waals surface area (Å²) in [4.78, 5) is 0. The average molecular weight is 215 g/mol. The maximum absolute atomic E-state index is 8.43. The number of rotatable bonds is 2. The van der Waals surface area contributed by atoms with E-state index >= 15 is 0 Å². The van der Waals surface area contributed by atoms with Gasteiger partial charge in [0.05, 0.1) is 25.7 Å². The van der Waals surface area contributed by atoms with Gasteiger partial charge in [-0.3, -0.25) is 0 Å². The third kappa shape index (κ3) is 2.54. The second-order valence-electron chi connectivity index (χ2n) is 3.52. The SMILES string of the molecule is N#CCC=Cc1ccc2c(c1)OCCCO2. The maximum atomic E-state index is 8.43. The molecular weight excluding hydrogens is 202 g/mol. The quantitative estimate of drug-likeness (QED) is 0.761. The van der Waals surface area contributed by atoms with Crippen LogP contribution in [0.2, 0.25) is 0 Å². The van der Waals surface area contributed by atoms with Crippen molar-refractivity contribution in [1.82, 2.24) is 0 Å². The monoisotopic (exact) mass is 215 g/mol. The molecule has 0 bridgehead atoms. The Balaban J connectivity index is 2.18. The molecule has 0 radical (unpaired) electrons. The third-order valence-electron chi connectivity index (χ3n) is 2.29. The van der Waals surface area contributed by atoms with Crippen LogP contribution < -0.4 is 9.47 Å². The highest BCUT2D eigenvalue weighted by Gasteiger charge is 2.09. The summed E-state index contributed by atoms with van der Waals surface area (Å²) < 4.78 is 11.1. The largest absolute Gasteiger partial charge is 0.490 e. The lowest BCUT2D eigenvalue weighted by atomic mass is 10.2. The van der Waals surface area contributed by atoms with Crippen LogP contribution in [0, 0.1) is 11.3 Å². The Bertz CT molecular complexity index is 432. The number of allylic oxidation sites excluding steroid dienone is 1. The number of hydrogen-bond donors (Lipinski definition) is 0. The first-order valence-corrected chi connectivity index (χ1v) is 5.33. The lowest BCUT2D eigenvalue weighted by molar-refractivity contribution is 0.297. The van der Waals surface area contributed by atoms with Gasteiger partial charge in [-0.05, 0) is 17.7 Å². The molecule has 16 heavy (non-hydrogen) atoms. The van der Waals surface area contributed by atoms with E-state index in [1.165, 1.54) is 0 Å². The molecule has 0 aliphatic carbocycles. The van der Waals surface area contributed by atoms with Crippen LogP contribution in [0.1, 0.15) is 18.4 Å². The van der Waals surface area contributed by atoms with Crippen molar-refractivity contribution in [2.24, 2.45) is 0 Å². The summed E-state index contributed by atoms with van der Waals surface area (Å²) in [5, 5.41) is 8.43. The van der Waals surface area contributed by atoms with Gasteiger partial charge in [-0.25, -0.2) is 0 Å². The summed E-state index contributed by atoms with van der Waals surface area (Å²) in [5.41, 5.74) is 1.03. The summed E-state index contributed by atoms with van der Waals surface area (Å²) in [6.45, 7) is 1.40. The van der Waals surface area contributed by atoms with Crippen molar-refractivity contribution in [1.29, 1.82) is 5.26 Å². The number of ether oxygens (including phenoxy) is 2. The van der Waals surface area contributed by atoms with Gasteiger partial charge >= 0.3 is 0 Å². The van der Waals surface area contributed by atoms with E-state index in [0.717, 1.165) is 23.5 Å². The highest BCUT2D eigenvalue weighted by atomic mass is 16.5. The molecular formula is C13H13NO2. The highest BCUT2D eigenvalue weighted by molar-refractivity contribution is 5.56. The van der Waals surface area contributed by atoms with E-state index in [1.807, 2.05) is 30.4 Å². The highest BCUT2D eigenvalue weighted by Crippen LogP contribution is 2.30. The molecule has 1 aliphatic rings. The van der Waals surface area contributed by atoms with Gasteiger partial charge in [-0.2, -0.15) is 5.26 Å². The van der Waals surface area contributed by atoms with E-state index in [4.69, 9.17) is 14.7 Å². The van der Waals surface area contributed by atoms with E-state index < -0.39 is 0 Å². The number of nitrogens with zero attached hydrogens (tertiary/aromatic N) is 1. The number of hydrogen-bond acceptors (Lipinski definition) is 3. The van der Waals surface area contributed by atoms with E-state index in [0.29, 0.717) is 19.6 Å². The van der Waals surface area contributed by atoms with E-state index in [1.54, 1.807) is 0 Å². The molecule has 0 aromatic heterocycles. The summed E-state index contributed by atoms with van der Waals surface area (Å²) in [5.74, 6) is 1.59. The van der Waals surface area contributed by atoms with Gasteiger partial charge in [0.25, 0.3) is 0 Å². The Morgan fingerprint density at radius 1 is 1.25 bits per heavy atom. The van der Waals surface area contributed by atoms with Gasteiger partial charge < -0.3 is 9.47 Å². The molecule has 0 spiro atoms. The second-order valence-corrected chi connectivity index (χ2v) is 3.52. The van der Waals surface area contributed by atoms with Crippen molar-refractivity contribution >= 4 is 6.08 Å². The van der Waals surface area contributed by atoms with Crippen LogP contribution in [-0.2, 0) is 0 Å². The molecule has 3 heteroatoms. The molecule has 0 amide bonds. The zero-order valence-electron chi connectivity index (χ0n) is 8.98. The molecule has 0 saturated carbocycles. The lowest BCUT2D eigenvalue weighted by Crippen LogP contribution is -1.97. The van der Waals surface area contributed by atoms with E-state index in [-0.39, 0.29) is 0 Å². The van der Waals surface area contributed by atoms with Gasteiger partial charge in [-0.1, -0.05) is 18.2 Å². The van der Waals surface area contributed by atoms with E-state index in [2.05, 4.69) is 6.07 Å².